The van der Waals surface area contributed by atoms with Gasteiger partial charge >= 0.3 is 0 Å². The average Bonchev–Trinajstić information content (AvgIpc) is 2.11. The summed E-state index contributed by atoms with van der Waals surface area (Å²) in [5, 5.41) is 0. The van der Waals surface area contributed by atoms with Gasteiger partial charge in [0, 0.05) is 11.6 Å². The maximum Gasteiger partial charge on any atom is 0.175 e. The molecule has 2 nitrogen and oxygen atoms in total. The minimum atomic E-state index is -0.748. The zero-order valence-electron chi connectivity index (χ0n) is 11.7. The van der Waals surface area contributed by atoms with Crippen LogP contribution in [-0.2, 0) is 9.05 Å². The van der Waals surface area contributed by atoms with Gasteiger partial charge in [0.05, 0.1) is 12.2 Å². The molecule has 1 saturated heterocycles. The first-order valence-corrected chi connectivity index (χ1v) is 7.24. The molecular weight excluding hydrogens is 219 g/mol. The smallest absolute Gasteiger partial charge is 0.175 e. The standard InChI is InChI=1S/C13H25O2P/c1-10(2)11(3)8-16-14-9-12(4,5)13(6,7)15-16/h8-9H2,1-7H3. The van der Waals surface area contributed by atoms with Crippen molar-refractivity contribution in [2.45, 2.75) is 54.1 Å². The van der Waals surface area contributed by atoms with Crippen LogP contribution in [0.15, 0.2) is 11.1 Å². The van der Waals surface area contributed by atoms with E-state index in [9.17, 15) is 0 Å². The summed E-state index contributed by atoms with van der Waals surface area (Å²) in [4.78, 5) is 0. The summed E-state index contributed by atoms with van der Waals surface area (Å²) in [6, 6.07) is 0. The SMILES string of the molecule is CC(C)=C(C)CP1OCC(C)(C)C(C)(C)O1. The van der Waals surface area contributed by atoms with Crippen molar-refractivity contribution in [3.05, 3.63) is 11.1 Å². The Kier molecular flexibility index (Phi) is 4.21. The fourth-order valence-electron chi connectivity index (χ4n) is 1.24. The molecule has 94 valence electrons. The topological polar surface area (TPSA) is 18.5 Å². The van der Waals surface area contributed by atoms with Crippen LogP contribution in [0.4, 0.5) is 0 Å². The van der Waals surface area contributed by atoms with Crippen LogP contribution in [0.1, 0.15) is 48.5 Å². The lowest BCUT2D eigenvalue weighted by Crippen LogP contribution is -2.46. The highest BCUT2D eigenvalue weighted by Gasteiger charge is 2.45. The van der Waals surface area contributed by atoms with E-state index in [2.05, 4.69) is 48.5 Å². The lowest BCUT2D eigenvalue weighted by atomic mass is 9.78. The second-order valence-corrected chi connectivity index (χ2v) is 7.45. The van der Waals surface area contributed by atoms with Crippen molar-refractivity contribution in [1.82, 2.24) is 0 Å². The average molecular weight is 244 g/mol. The largest absolute Gasteiger partial charge is 0.333 e. The number of rotatable bonds is 2. The lowest BCUT2D eigenvalue weighted by molar-refractivity contribution is -0.0720. The van der Waals surface area contributed by atoms with Crippen LogP contribution in [-0.4, -0.2) is 18.4 Å². The van der Waals surface area contributed by atoms with Crippen LogP contribution < -0.4 is 0 Å². The summed E-state index contributed by atoms with van der Waals surface area (Å²) in [6.07, 6.45) is 0.942. The molecule has 0 saturated carbocycles. The fourth-order valence-corrected chi connectivity index (χ4v) is 3.38. The van der Waals surface area contributed by atoms with Crippen LogP contribution in [0.25, 0.3) is 0 Å². The van der Waals surface area contributed by atoms with E-state index in [1.165, 1.54) is 11.1 Å². The fraction of sp³-hybridized carbons (Fsp3) is 0.846. The van der Waals surface area contributed by atoms with Crippen LogP contribution >= 0.6 is 8.38 Å². The van der Waals surface area contributed by atoms with E-state index in [0.29, 0.717) is 0 Å². The molecule has 0 bridgehead atoms. The van der Waals surface area contributed by atoms with Gasteiger partial charge in [-0.1, -0.05) is 25.0 Å². The molecule has 16 heavy (non-hydrogen) atoms. The normalized spacial score (nSPS) is 27.6. The van der Waals surface area contributed by atoms with Gasteiger partial charge in [-0.25, -0.2) is 0 Å². The van der Waals surface area contributed by atoms with Crippen molar-refractivity contribution in [3.63, 3.8) is 0 Å². The third-order valence-electron chi connectivity index (χ3n) is 3.75. The quantitative estimate of drug-likeness (QED) is 0.525. The molecule has 1 aliphatic heterocycles. The Bertz CT molecular complexity index is 288. The molecule has 0 amide bonds. The molecule has 0 aromatic rings. The first-order chi connectivity index (χ1) is 7.16. The van der Waals surface area contributed by atoms with Gasteiger partial charge in [0.2, 0.25) is 0 Å². The highest BCUT2D eigenvalue weighted by molar-refractivity contribution is 7.47. The Balaban J connectivity index is 2.67. The number of hydrogen-bond donors (Lipinski definition) is 0. The van der Waals surface area contributed by atoms with Gasteiger partial charge in [-0.15, -0.1) is 0 Å². The monoisotopic (exact) mass is 244 g/mol. The Labute approximate surface area is 101 Å². The zero-order valence-corrected chi connectivity index (χ0v) is 12.6. The minimum Gasteiger partial charge on any atom is -0.333 e. The van der Waals surface area contributed by atoms with Crippen molar-refractivity contribution in [2.75, 3.05) is 12.8 Å². The third kappa shape index (κ3) is 3.06. The molecule has 0 spiro atoms. The van der Waals surface area contributed by atoms with Crippen molar-refractivity contribution in [1.29, 1.82) is 0 Å². The molecule has 3 heteroatoms. The van der Waals surface area contributed by atoms with E-state index < -0.39 is 8.38 Å². The maximum absolute atomic E-state index is 6.12. The highest BCUT2D eigenvalue weighted by Crippen LogP contribution is 2.54. The van der Waals surface area contributed by atoms with Gasteiger partial charge in [-0.2, -0.15) is 0 Å². The van der Waals surface area contributed by atoms with Crippen molar-refractivity contribution >= 4 is 8.38 Å². The van der Waals surface area contributed by atoms with Crippen molar-refractivity contribution in [2.24, 2.45) is 5.41 Å². The molecule has 0 aromatic heterocycles. The summed E-state index contributed by atoms with van der Waals surface area (Å²) >= 11 is 0. The third-order valence-corrected chi connectivity index (χ3v) is 5.56. The molecule has 1 fully saturated rings. The van der Waals surface area contributed by atoms with Gasteiger partial charge in [0.15, 0.2) is 8.38 Å². The van der Waals surface area contributed by atoms with Crippen molar-refractivity contribution in [3.8, 4) is 0 Å². The van der Waals surface area contributed by atoms with Gasteiger partial charge in [-0.3, -0.25) is 0 Å². The summed E-state index contributed by atoms with van der Waals surface area (Å²) in [5.74, 6) is 0. The zero-order chi connectivity index (χ0) is 12.6. The maximum atomic E-state index is 6.12. The summed E-state index contributed by atoms with van der Waals surface area (Å²) in [5.41, 5.74) is 2.75. The Morgan fingerprint density at radius 1 is 1.12 bits per heavy atom. The van der Waals surface area contributed by atoms with Gasteiger partial charge in [0.25, 0.3) is 0 Å². The van der Waals surface area contributed by atoms with E-state index in [4.69, 9.17) is 9.05 Å². The molecule has 1 unspecified atom stereocenters. The molecular formula is C13H25O2P. The molecule has 1 heterocycles. The minimum absolute atomic E-state index is 0.0880. The summed E-state index contributed by atoms with van der Waals surface area (Å²) in [6.45, 7) is 16.0. The van der Waals surface area contributed by atoms with Crippen LogP contribution in [0.2, 0.25) is 0 Å². The van der Waals surface area contributed by atoms with Crippen LogP contribution in [0.3, 0.4) is 0 Å². The van der Waals surface area contributed by atoms with E-state index in [-0.39, 0.29) is 11.0 Å². The Morgan fingerprint density at radius 2 is 1.69 bits per heavy atom. The van der Waals surface area contributed by atoms with E-state index >= 15 is 0 Å². The second kappa shape index (κ2) is 4.76. The molecule has 0 N–H and O–H groups in total. The second-order valence-electron chi connectivity index (χ2n) is 6.03. The molecule has 1 rings (SSSR count). The first-order valence-electron chi connectivity index (χ1n) is 5.88. The highest BCUT2D eigenvalue weighted by atomic mass is 31.2. The van der Waals surface area contributed by atoms with Gasteiger partial charge < -0.3 is 9.05 Å². The number of allylic oxidation sites excluding steroid dienone is 2. The van der Waals surface area contributed by atoms with Crippen LogP contribution in [0, 0.1) is 5.41 Å². The van der Waals surface area contributed by atoms with E-state index in [0.717, 1.165) is 12.8 Å². The molecule has 0 aliphatic carbocycles. The van der Waals surface area contributed by atoms with E-state index in [1.807, 2.05) is 0 Å². The van der Waals surface area contributed by atoms with Crippen LogP contribution in [0.5, 0.6) is 0 Å². The lowest BCUT2D eigenvalue weighted by Gasteiger charge is -2.47. The van der Waals surface area contributed by atoms with Gasteiger partial charge in [0.1, 0.15) is 0 Å². The van der Waals surface area contributed by atoms with E-state index in [1.54, 1.807) is 0 Å². The van der Waals surface area contributed by atoms with Crippen molar-refractivity contribution < 1.29 is 9.05 Å². The summed E-state index contributed by atoms with van der Waals surface area (Å²) < 4.78 is 12.0. The first kappa shape index (κ1) is 14.2. The Hall–Kier alpha value is 0.0900. The van der Waals surface area contributed by atoms with Gasteiger partial charge in [-0.05, 0) is 34.6 Å². The number of hydrogen-bond acceptors (Lipinski definition) is 2. The molecule has 0 radical (unpaired) electrons. The summed E-state index contributed by atoms with van der Waals surface area (Å²) in [7, 11) is -0.748. The molecule has 1 aliphatic rings. The predicted molar refractivity (Wildman–Crippen MR) is 70.7 cm³/mol. The predicted octanol–water partition coefficient (Wildman–Crippen LogP) is 4.51. The molecule has 0 aromatic carbocycles. The molecule has 1 atom stereocenters. The Morgan fingerprint density at radius 3 is 2.12 bits per heavy atom.